The molecule has 0 bridgehead atoms. The number of carboxylic acids is 1. The topological polar surface area (TPSA) is 101 Å². The van der Waals surface area contributed by atoms with Crippen LogP contribution in [0.25, 0.3) is 21.0 Å². The Morgan fingerprint density at radius 2 is 1.52 bits per heavy atom. The number of ether oxygens (including phenoxy) is 2. The minimum absolute atomic E-state index is 0.121. The summed E-state index contributed by atoms with van der Waals surface area (Å²) in [4.78, 5) is 40.7. The fraction of sp³-hybridized carbons (Fsp3) is 0.500. The summed E-state index contributed by atoms with van der Waals surface area (Å²) in [5.74, 6) is -0.334. The van der Waals surface area contributed by atoms with Crippen LogP contribution in [-0.2, 0) is 21.1 Å². The maximum Gasteiger partial charge on any atom is 0.307 e. The molecule has 1 N–H and O–H groups in total. The van der Waals surface area contributed by atoms with Crippen molar-refractivity contribution in [3.8, 4) is 5.75 Å². The molecule has 1 fully saturated rings. The Morgan fingerprint density at radius 3 is 2.29 bits per heavy atom. The van der Waals surface area contributed by atoms with Gasteiger partial charge in [-0.2, -0.15) is 0 Å². The fourth-order valence-corrected chi connectivity index (χ4v) is 7.21. The minimum Gasteiger partial charge on any atom is -0.494 e. The van der Waals surface area contributed by atoms with Crippen molar-refractivity contribution in [2.75, 3.05) is 44.2 Å². The number of carbonyl (C=O) groups excluding carboxylic acids is 1. The van der Waals surface area contributed by atoms with Gasteiger partial charge in [-0.3, -0.25) is 23.9 Å². The van der Waals surface area contributed by atoms with Crippen LogP contribution in [0.15, 0.2) is 64.8 Å². The van der Waals surface area contributed by atoms with Crippen molar-refractivity contribution in [1.82, 2.24) is 9.47 Å². The number of anilines is 1. The molecule has 0 aliphatic carbocycles. The maximum absolute atomic E-state index is 12.7. The Kier molecular flexibility index (Phi) is 13.7. The lowest BCUT2D eigenvalue weighted by Crippen LogP contribution is -2.46. The summed E-state index contributed by atoms with van der Waals surface area (Å²) in [5, 5.41) is 13.1. The van der Waals surface area contributed by atoms with Crippen molar-refractivity contribution >= 4 is 50.0 Å². The van der Waals surface area contributed by atoms with Crippen LogP contribution in [0.3, 0.4) is 0 Å². The summed E-state index contributed by atoms with van der Waals surface area (Å²) < 4.78 is 14.4. The van der Waals surface area contributed by atoms with E-state index < -0.39 is 5.97 Å². The molecule has 1 aliphatic rings. The van der Waals surface area contributed by atoms with Crippen molar-refractivity contribution in [2.24, 2.45) is 0 Å². The third kappa shape index (κ3) is 10.6. The number of benzene rings is 2. The molecule has 0 amide bonds. The Morgan fingerprint density at radius 1 is 0.792 bits per heavy atom. The van der Waals surface area contributed by atoms with Gasteiger partial charge in [0.15, 0.2) is 6.73 Å². The number of nitrogens with zero attached hydrogens (tertiary/aromatic N) is 3. The smallest absolute Gasteiger partial charge is 0.307 e. The van der Waals surface area contributed by atoms with Gasteiger partial charge in [-0.15, -0.1) is 11.3 Å². The highest BCUT2D eigenvalue weighted by Gasteiger charge is 2.18. The number of rotatable bonds is 20. The van der Waals surface area contributed by atoms with E-state index in [1.54, 1.807) is 17.4 Å². The van der Waals surface area contributed by atoms with Crippen LogP contribution in [0.2, 0.25) is 0 Å². The average Bonchev–Trinajstić information content (AvgIpc) is 3.58. The lowest BCUT2D eigenvalue weighted by atomic mass is 10.1. The van der Waals surface area contributed by atoms with Crippen LogP contribution in [0.1, 0.15) is 77.0 Å². The maximum atomic E-state index is 12.7. The summed E-state index contributed by atoms with van der Waals surface area (Å²) in [6.45, 7) is 5.74. The van der Waals surface area contributed by atoms with Gasteiger partial charge >= 0.3 is 11.9 Å². The van der Waals surface area contributed by atoms with Gasteiger partial charge in [-0.25, -0.2) is 0 Å². The third-order valence-electron chi connectivity index (χ3n) is 9.16. The van der Waals surface area contributed by atoms with Gasteiger partial charge in [0.2, 0.25) is 0 Å². The first kappa shape index (κ1) is 35.4. The average molecular weight is 676 g/mol. The standard InChI is InChI=1S/C38H49N3O6S/c42-36-19-17-30-16-18-31(28-34(30)41(36)29-47-38(45)15-8-6-4-2-1-3-5-7-14-37(43)44)46-26-10-9-21-39-22-24-40(25-23-39)33-12-11-13-35-32(33)20-27-48-35/h11-13,16-20,27-28H,1-10,14-15,21-26,29H2,(H,43,44). The molecule has 0 unspecified atom stereocenters. The number of aliphatic carboxylic acids is 1. The second-order valence-electron chi connectivity index (χ2n) is 12.7. The SMILES string of the molecule is O=C(O)CCCCCCCCCCC(=O)OCn1c(=O)ccc2ccc(OCCCCN3CCN(c4cccc5sccc45)CC3)cc21. The second kappa shape index (κ2) is 18.6. The third-order valence-corrected chi connectivity index (χ3v) is 10.0. The summed E-state index contributed by atoms with van der Waals surface area (Å²) >= 11 is 1.80. The lowest BCUT2D eigenvalue weighted by molar-refractivity contribution is -0.147. The molecule has 0 atom stereocenters. The molecular formula is C38H49N3O6S. The monoisotopic (exact) mass is 675 g/mol. The van der Waals surface area contributed by atoms with Crippen molar-refractivity contribution in [1.29, 1.82) is 0 Å². The van der Waals surface area contributed by atoms with E-state index >= 15 is 0 Å². The summed E-state index contributed by atoms with van der Waals surface area (Å²) in [6.07, 6.45) is 10.2. The van der Waals surface area contributed by atoms with Crippen LogP contribution in [0.5, 0.6) is 5.75 Å². The minimum atomic E-state index is -0.729. The molecule has 258 valence electrons. The molecule has 1 saturated heterocycles. The molecule has 10 heteroatoms. The van der Waals surface area contributed by atoms with Crippen molar-refractivity contribution < 1.29 is 24.2 Å². The number of hydrogen-bond acceptors (Lipinski definition) is 8. The Hall–Kier alpha value is -3.89. The van der Waals surface area contributed by atoms with Crippen LogP contribution < -0.4 is 15.2 Å². The van der Waals surface area contributed by atoms with Crippen LogP contribution in [0, 0.1) is 0 Å². The van der Waals surface area contributed by atoms with E-state index in [1.165, 1.54) is 26.4 Å². The van der Waals surface area contributed by atoms with Gasteiger partial charge in [-0.05, 0) is 79.4 Å². The predicted molar refractivity (Wildman–Crippen MR) is 193 cm³/mol. The number of unbranched alkanes of at least 4 members (excludes halogenated alkanes) is 8. The molecule has 4 aromatic rings. The highest BCUT2D eigenvalue weighted by atomic mass is 32.1. The quantitative estimate of drug-likeness (QED) is 0.0752. The van der Waals surface area contributed by atoms with Crippen LogP contribution in [0.4, 0.5) is 5.69 Å². The molecule has 0 saturated carbocycles. The molecule has 2 aromatic carbocycles. The predicted octanol–water partition coefficient (Wildman–Crippen LogP) is 7.68. The van der Waals surface area contributed by atoms with Crippen molar-refractivity contribution in [3.63, 3.8) is 0 Å². The van der Waals surface area contributed by atoms with Crippen LogP contribution in [-0.4, -0.2) is 65.8 Å². The van der Waals surface area contributed by atoms with Crippen LogP contribution >= 0.6 is 11.3 Å². The highest BCUT2D eigenvalue weighted by molar-refractivity contribution is 7.17. The van der Waals surface area contributed by atoms with Crippen molar-refractivity contribution in [3.05, 3.63) is 70.3 Å². The fourth-order valence-electron chi connectivity index (χ4n) is 6.40. The molecule has 9 nitrogen and oxygen atoms in total. The number of esters is 1. The first-order chi connectivity index (χ1) is 23.5. The number of aromatic nitrogens is 1. The Balaban J connectivity index is 0.980. The molecule has 5 rings (SSSR count). The summed E-state index contributed by atoms with van der Waals surface area (Å²) in [5.41, 5.74) is 1.82. The summed E-state index contributed by atoms with van der Waals surface area (Å²) in [6, 6.07) is 17.8. The van der Waals surface area contributed by atoms with Gasteiger partial charge in [0, 0.05) is 66.9 Å². The van der Waals surface area contributed by atoms with Crippen molar-refractivity contribution in [2.45, 2.75) is 83.8 Å². The number of piperazine rings is 1. The van der Waals surface area contributed by atoms with Gasteiger partial charge in [0.25, 0.3) is 5.56 Å². The van der Waals surface area contributed by atoms with E-state index in [9.17, 15) is 14.4 Å². The highest BCUT2D eigenvalue weighted by Crippen LogP contribution is 2.31. The number of hydrogen-bond donors (Lipinski definition) is 1. The lowest BCUT2D eigenvalue weighted by Gasteiger charge is -2.36. The van der Waals surface area contributed by atoms with E-state index in [0.29, 0.717) is 24.3 Å². The van der Waals surface area contributed by atoms with Gasteiger partial charge in [0.1, 0.15) is 5.75 Å². The van der Waals surface area contributed by atoms with E-state index in [-0.39, 0.29) is 24.7 Å². The number of fused-ring (bicyclic) bond motifs is 2. The normalized spacial score (nSPS) is 13.7. The zero-order valence-electron chi connectivity index (χ0n) is 27.9. The van der Waals surface area contributed by atoms with E-state index in [1.807, 2.05) is 18.2 Å². The first-order valence-corrected chi connectivity index (χ1v) is 18.4. The zero-order chi connectivity index (χ0) is 33.6. The van der Waals surface area contributed by atoms with Gasteiger partial charge in [-0.1, -0.05) is 44.6 Å². The number of carboxylic acid groups (broad SMARTS) is 1. The Labute approximate surface area is 287 Å². The largest absolute Gasteiger partial charge is 0.494 e. The first-order valence-electron chi connectivity index (χ1n) is 17.6. The number of thiophene rings is 1. The Bertz CT molecular complexity index is 1680. The molecular weight excluding hydrogens is 627 g/mol. The van der Waals surface area contributed by atoms with Gasteiger partial charge < -0.3 is 19.5 Å². The number of carbonyl (C=O) groups is 2. The van der Waals surface area contributed by atoms with E-state index in [4.69, 9.17) is 14.6 Å². The number of pyridine rings is 1. The molecule has 0 radical (unpaired) electrons. The summed E-state index contributed by atoms with van der Waals surface area (Å²) in [7, 11) is 0. The molecule has 48 heavy (non-hydrogen) atoms. The molecule has 1 aliphatic heterocycles. The second-order valence-corrected chi connectivity index (χ2v) is 13.6. The van der Waals surface area contributed by atoms with Gasteiger partial charge in [0.05, 0.1) is 12.1 Å². The molecule has 2 aromatic heterocycles. The van der Waals surface area contributed by atoms with E-state index in [2.05, 4.69) is 39.4 Å². The molecule has 3 heterocycles. The van der Waals surface area contributed by atoms with E-state index in [0.717, 1.165) is 102 Å². The zero-order valence-corrected chi connectivity index (χ0v) is 28.8. The molecule has 0 spiro atoms.